The van der Waals surface area contributed by atoms with Crippen LogP contribution in [0, 0.1) is 19.7 Å². The smallest absolute Gasteiger partial charge is 0.347 e. The maximum atomic E-state index is 14.2. The Hall–Kier alpha value is -3.63. The van der Waals surface area contributed by atoms with Crippen LogP contribution in [-0.4, -0.2) is 40.6 Å². The van der Waals surface area contributed by atoms with Gasteiger partial charge in [0.15, 0.2) is 9.75 Å². The Morgan fingerprint density at radius 3 is 2.21 bits per heavy atom. The van der Waals surface area contributed by atoms with Crippen LogP contribution in [0.15, 0.2) is 57.6 Å². The number of hydrogen-bond acceptors (Lipinski definition) is 5. The number of phenolic OH excluding ortho intramolecular Hbond substituents is 1. The number of halogens is 3. The van der Waals surface area contributed by atoms with Crippen molar-refractivity contribution in [1.29, 1.82) is 0 Å². The number of phenols is 1. The van der Waals surface area contributed by atoms with E-state index in [1.807, 2.05) is 0 Å². The minimum absolute atomic E-state index is 0.0410. The third-order valence-corrected chi connectivity index (χ3v) is 9.61. The standard InChI is InChI=1S/C27H23Cl2FN4O5/c1-13-10-15(11-14(2)21(13)35)20-18-8-9-32-24(38)31(3)25(39)34(32)19(18)12-26(28)22(36)33(23(37)27(20,26)29)17-6-4-16(30)5-7-17/h4-8,10-11,19-20,35H,9,12H2,1-3H3. The fourth-order valence-electron chi connectivity index (χ4n) is 6.30. The van der Waals surface area contributed by atoms with Crippen LogP contribution in [0.2, 0.25) is 0 Å². The lowest BCUT2D eigenvalue weighted by Gasteiger charge is -2.49. The summed E-state index contributed by atoms with van der Waals surface area (Å²) in [5.74, 6) is -3.09. The first kappa shape index (κ1) is 25.6. The molecule has 3 heterocycles. The molecule has 1 N–H and O–H groups in total. The normalized spacial score (nSPS) is 27.7. The first-order valence-corrected chi connectivity index (χ1v) is 13.0. The predicted molar refractivity (Wildman–Crippen MR) is 142 cm³/mol. The molecule has 2 fully saturated rings. The Bertz CT molecular complexity index is 1730. The monoisotopic (exact) mass is 572 g/mol. The molecule has 1 aliphatic carbocycles. The van der Waals surface area contributed by atoms with Crippen molar-refractivity contribution in [3.05, 3.63) is 91.5 Å². The van der Waals surface area contributed by atoms with Crippen LogP contribution in [-0.2, 0) is 23.2 Å². The molecule has 4 atom stereocenters. The third kappa shape index (κ3) is 3.12. The minimum Gasteiger partial charge on any atom is -0.507 e. The second kappa shape index (κ2) is 8.19. The van der Waals surface area contributed by atoms with Crippen molar-refractivity contribution in [1.82, 2.24) is 13.9 Å². The number of hydrogen-bond donors (Lipinski definition) is 1. The number of carbonyl (C=O) groups is 2. The molecule has 0 bridgehead atoms. The SMILES string of the molecule is Cc1cc(C2C3=CCn4c(=O)n(C)c(=O)n4C3CC3(Cl)C(=O)N(c4ccc(F)cc4)C(=O)C23Cl)cc(C)c1O. The molecule has 0 radical (unpaired) electrons. The number of fused-ring (bicyclic) bond motifs is 4. The van der Waals surface area contributed by atoms with Gasteiger partial charge in [-0.2, -0.15) is 0 Å². The number of aromatic nitrogens is 3. The second-order valence-electron chi connectivity index (χ2n) is 10.3. The van der Waals surface area contributed by atoms with Gasteiger partial charge in [-0.05, 0) is 60.4 Å². The van der Waals surface area contributed by atoms with Crippen LogP contribution in [0.25, 0.3) is 0 Å². The van der Waals surface area contributed by atoms with Crippen molar-refractivity contribution in [3.63, 3.8) is 0 Å². The lowest BCUT2D eigenvalue weighted by Crippen LogP contribution is -2.59. The Morgan fingerprint density at radius 1 is 0.974 bits per heavy atom. The highest BCUT2D eigenvalue weighted by atomic mass is 35.5. The van der Waals surface area contributed by atoms with Crippen LogP contribution in [0.1, 0.15) is 35.1 Å². The number of allylic oxidation sites excluding steroid dienone is 2. The first-order valence-electron chi connectivity index (χ1n) is 12.2. The highest BCUT2D eigenvalue weighted by Gasteiger charge is 2.75. The predicted octanol–water partition coefficient (Wildman–Crippen LogP) is 3.01. The Kier molecular flexibility index (Phi) is 5.38. The van der Waals surface area contributed by atoms with E-state index in [4.69, 9.17) is 23.2 Å². The van der Waals surface area contributed by atoms with Gasteiger partial charge in [-0.1, -0.05) is 18.2 Å². The number of carbonyl (C=O) groups excluding carboxylic acids is 2. The minimum atomic E-state index is -2.04. The highest BCUT2D eigenvalue weighted by molar-refractivity contribution is 6.58. The van der Waals surface area contributed by atoms with Crippen LogP contribution >= 0.6 is 23.2 Å². The number of nitrogens with zero attached hydrogens (tertiary/aromatic N) is 4. The molecule has 6 rings (SSSR count). The highest BCUT2D eigenvalue weighted by Crippen LogP contribution is 2.64. The largest absolute Gasteiger partial charge is 0.507 e. The molecule has 9 nitrogen and oxygen atoms in total. The van der Waals surface area contributed by atoms with E-state index in [2.05, 4.69) is 0 Å². The summed E-state index contributed by atoms with van der Waals surface area (Å²) in [5, 5.41) is 10.5. The van der Waals surface area contributed by atoms with Crippen molar-refractivity contribution >= 4 is 40.7 Å². The molecule has 0 spiro atoms. The van der Waals surface area contributed by atoms with Gasteiger partial charge in [0.25, 0.3) is 11.8 Å². The van der Waals surface area contributed by atoms with E-state index in [0.717, 1.165) is 21.6 Å². The number of anilines is 1. The number of aromatic hydroxyl groups is 1. The van der Waals surface area contributed by atoms with Crippen molar-refractivity contribution in [3.8, 4) is 5.75 Å². The van der Waals surface area contributed by atoms with Gasteiger partial charge < -0.3 is 5.11 Å². The van der Waals surface area contributed by atoms with Crippen molar-refractivity contribution in [2.75, 3.05) is 4.90 Å². The lowest BCUT2D eigenvalue weighted by molar-refractivity contribution is -0.122. The number of imide groups is 1. The maximum absolute atomic E-state index is 14.2. The van der Waals surface area contributed by atoms with E-state index in [1.165, 1.54) is 28.5 Å². The molecule has 1 aromatic heterocycles. The molecule has 39 heavy (non-hydrogen) atoms. The summed E-state index contributed by atoms with van der Waals surface area (Å²) < 4.78 is 17.2. The van der Waals surface area contributed by atoms with Gasteiger partial charge in [-0.25, -0.2) is 32.8 Å². The molecule has 2 aromatic carbocycles. The van der Waals surface area contributed by atoms with E-state index < -0.39 is 50.7 Å². The number of rotatable bonds is 2. The van der Waals surface area contributed by atoms with E-state index in [-0.39, 0.29) is 24.4 Å². The van der Waals surface area contributed by atoms with Crippen LogP contribution in [0.4, 0.5) is 10.1 Å². The van der Waals surface area contributed by atoms with E-state index in [0.29, 0.717) is 22.3 Å². The fraction of sp³-hybridized carbons (Fsp3) is 0.333. The third-order valence-electron chi connectivity index (χ3n) is 8.20. The van der Waals surface area contributed by atoms with Gasteiger partial charge in [0.2, 0.25) is 0 Å². The van der Waals surface area contributed by atoms with Gasteiger partial charge in [-0.3, -0.25) is 9.59 Å². The van der Waals surface area contributed by atoms with Crippen LogP contribution < -0.4 is 16.3 Å². The number of benzene rings is 2. The molecule has 1 saturated heterocycles. The topological polar surface area (TPSA) is 107 Å². The zero-order valence-electron chi connectivity index (χ0n) is 21.1. The lowest BCUT2D eigenvalue weighted by atomic mass is 9.64. The summed E-state index contributed by atoms with van der Waals surface area (Å²) in [5.41, 5.74) is 1.08. The Morgan fingerprint density at radius 2 is 1.59 bits per heavy atom. The van der Waals surface area contributed by atoms with Gasteiger partial charge in [-0.15, -0.1) is 23.2 Å². The van der Waals surface area contributed by atoms with Crippen LogP contribution in [0.3, 0.4) is 0 Å². The van der Waals surface area contributed by atoms with Gasteiger partial charge in [0, 0.05) is 19.4 Å². The average Bonchev–Trinajstić information content (AvgIpc) is 3.20. The molecule has 3 aromatic rings. The van der Waals surface area contributed by atoms with Gasteiger partial charge in [0.1, 0.15) is 11.6 Å². The molecule has 4 unspecified atom stereocenters. The second-order valence-corrected chi connectivity index (χ2v) is 11.6. The fourth-order valence-corrected chi connectivity index (χ4v) is 7.21. The first-order chi connectivity index (χ1) is 18.3. The summed E-state index contributed by atoms with van der Waals surface area (Å²) in [6.45, 7) is 3.43. The van der Waals surface area contributed by atoms with E-state index in [1.54, 1.807) is 32.1 Å². The summed E-state index contributed by atoms with van der Waals surface area (Å²) in [7, 11) is 1.36. The van der Waals surface area contributed by atoms with Gasteiger partial charge in [0.05, 0.1) is 18.3 Å². The molecular formula is C27H23Cl2FN4O5. The van der Waals surface area contributed by atoms with E-state index >= 15 is 0 Å². The van der Waals surface area contributed by atoms with Crippen LogP contribution in [0.5, 0.6) is 5.75 Å². The number of aryl methyl sites for hydroxylation is 2. The average molecular weight is 573 g/mol. The summed E-state index contributed by atoms with van der Waals surface area (Å²) in [6.07, 6.45) is 1.49. The molecule has 3 aliphatic rings. The number of amides is 2. The zero-order valence-corrected chi connectivity index (χ0v) is 22.6. The molecule has 2 aliphatic heterocycles. The number of alkyl halides is 2. The van der Waals surface area contributed by atoms with Crippen molar-refractivity contribution in [2.45, 2.75) is 48.5 Å². The van der Waals surface area contributed by atoms with E-state index in [9.17, 15) is 28.7 Å². The Balaban J connectivity index is 1.64. The summed E-state index contributed by atoms with van der Waals surface area (Å²) in [6, 6.07) is 7.30. The molecule has 12 heteroatoms. The quantitative estimate of drug-likeness (QED) is 0.288. The Labute approximate surface area is 231 Å². The molecular weight excluding hydrogens is 550 g/mol. The maximum Gasteiger partial charge on any atom is 0.347 e. The molecule has 2 amide bonds. The molecule has 1 saturated carbocycles. The van der Waals surface area contributed by atoms with Gasteiger partial charge >= 0.3 is 11.4 Å². The summed E-state index contributed by atoms with van der Waals surface area (Å²) >= 11 is 14.5. The molecule has 202 valence electrons. The zero-order chi connectivity index (χ0) is 28.2. The summed E-state index contributed by atoms with van der Waals surface area (Å²) in [4.78, 5) is 51.0. The van der Waals surface area contributed by atoms with Crippen molar-refractivity contribution in [2.24, 2.45) is 7.05 Å². The van der Waals surface area contributed by atoms with Crippen molar-refractivity contribution < 1.29 is 19.1 Å².